The van der Waals surface area contributed by atoms with Crippen molar-refractivity contribution in [2.45, 2.75) is 12.7 Å². The second-order valence-electron chi connectivity index (χ2n) is 3.38. The SMILES string of the molecule is CO[C@]1(C)C=Cc2cc(O)ccc2O1. The van der Waals surface area contributed by atoms with E-state index >= 15 is 0 Å². The molecule has 1 aromatic carbocycles. The van der Waals surface area contributed by atoms with Crippen LogP contribution >= 0.6 is 0 Å². The summed E-state index contributed by atoms with van der Waals surface area (Å²) in [5.41, 5.74) is 0.861. The molecule has 3 heteroatoms. The van der Waals surface area contributed by atoms with Gasteiger partial charge in [0.15, 0.2) is 0 Å². The van der Waals surface area contributed by atoms with E-state index < -0.39 is 5.79 Å². The molecular weight excluding hydrogens is 180 g/mol. The number of benzene rings is 1. The Hall–Kier alpha value is -1.48. The van der Waals surface area contributed by atoms with Gasteiger partial charge in [-0.2, -0.15) is 0 Å². The Kier molecular flexibility index (Phi) is 1.97. The molecule has 0 aliphatic carbocycles. The summed E-state index contributed by atoms with van der Waals surface area (Å²) in [7, 11) is 1.59. The Morgan fingerprint density at radius 2 is 2.21 bits per heavy atom. The van der Waals surface area contributed by atoms with Crippen LogP contribution in [-0.2, 0) is 4.74 Å². The van der Waals surface area contributed by atoms with Crippen molar-refractivity contribution in [3.05, 3.63) is 29.8 Å². The van der Waals surface area contributed by atoms with E-state index in [4.69, 9.17) is 9.47 Å². The predicted molar refractivity (Wildman–Crippen MR) is 53.2 cm³/mol. The van der Waals surface area contributed by atoms with E-state index in [1.54, 1.807) is 25.3 Å². The molecule has 0 bridgehead atoms. The minimum absolute atomic E-state index is 0.234. The summed E-state index contributed by atoms with van der Waals surface area (Å²) in [6.07, 6.45) is 3.69. The molecule has 0 amide bonds. The van der Waals surface area contributed by atoms with E-state index in [2.05, 4.69) is 0 Å². The molecule has 0 aromatic heterocycles. The van der Waals surface area contributed by atoms with E-state index in [0.29, 0.717) is 0 Å². The van der Waals surface area contributed by atoms with Crippen molar-refractivity contribution in [3.63, 3.8) is 0 Å². The summed E-state index contributed by atoms with van der Waals surface area (Å²) in [5.74, 6) is 0.247. The van der Waals surface area contributed by atoms with E-state index in [-0.39, 0.29) is 5.75 Å². The van der Waals surface area contributed by atoms with Gasteiger partial charge in [0.25, 0.3) is 0 Å². The molecule has 2 rings (SSSR count). The number of hydrogen-bond acceptors (Lipinski definition) is 3. The third kappa shape index (κ3) is 1.46. The normalized spacial score (nSPS) is 24.1. The number of phenolic OH excluding ortho intramolecular Hbond substituents is 1. The van der Waals surface area contributed by atoms with E-state index in [1.165, 1.54) is 0 Å². The molecule has 0 fully saturated rings. The zero-order valence-electron chi connectivity index (χ0n) is 8.15. The molecule has 3 nitrogen and oxygen atoms in total. The van der Waals surface area contributed by atoms with Crippen LogP contribution in [0.4, 0.5) is 0 Å². The number of hydrogen-bond donors (Lipinski definition) is 1. The lowest BCUT2D eigenvalue weighted by molar-refractivity contribution is -0.110. The lowest BCUT2D eigenvalue weighted by Crippen LogP contribution is -2.33. The number of ether oxygens (including phenoxy) is 2. The summed E-state index contributed by atoms with van der Waals surface area (Å²) in [6.45, 7) is 1.83. The summed E-state index contributed by atoms with van der Waals surface area (Å²) >= 11 is 0. The molecule has 0 unspecified atom stereocenters. The maximum Gasteiger partial charge on any atom is 0.227 e. The number of rotatable bonds is 1. The van der Waals surface area contributed by atoms with Gasteiger partial charge in [0.1, 0.15) is 11.5 Å². The standard InChI is InChI=1S/C11H12O3/c1-11(13-2)6-5-8-7-9(12)3-4-10(8)14-11/h3-7,12H,1-2H3/t11-/m0/s1. The average molecular weight is 192 g/mol. The summed E-state index contributed by atoms with van der Waals surface area (Å²) in [4.78, 5) is 0. The predicted octanol–water partition coefficient (Wildman–Crippen LogP) is 2.16. The molecule has 1 aromatic rings. The van der Waals surface area contributed by atoms with Crippen LogP contribution in [0.15, 0.2) is 24.3 Å². The highest BCUT2D eigenvalue weighted by Gasteiger charge is 2.26. The Labute approximate surface area is 82.6 Å². The average Bonchev–Trinajstić information content (AvgIpc) is 2.19. The molecule has 14 heavy (non-hydrogen) atoms. The maximum atomic E-state index is 9.25. The van der Waals surface area contributed by atoms with Crippen LogP contribution < -0.4 is 4.74 Å². The fraction of sp³-hybridized carbons (Fsp3) is 0.273. The number of phenols is 1. The Bertz CT molecular complexity index is 384. The molecule has 1 aliphatic heterocycles. The first-order valence-electron chi connectivity index (χ1n) is 4.39. The van der Waals surface area contributed by atoms with Crippen LogP contribution in [0.3, 0.4) is 0 Å². The summed E-state index contributed by atoms with van der Waals surface area (Å²) < 4.78 is 10.8. The van der Waals surface area contributed by atoms with E-state index in [1.807, 2.05) is 19.1 Å². The van der Waals surface area contributed by atoms with Gasteiger partial charge < -0.3 is 14.6 Å². The number of fused-ring (bicyclic) bond motifs is 1. The molecule has 1 atom stereocenters. The van der Waals surface area contributed by atoms with E-state index in [9.17, 15) is 5.11 Å². The van der Waals surface area contributed by atoms with Crippen LogP contribution in [0.2, 0.25) is 0 Å². The second kappa shape index (κ2) is 3.03. The van der Waals surface area contributed by atoms with Crippen LogP contribution in [-0.4, -0.2) is 18.0 Å². The van der Waals surface area contributed by atoms with Gasteiger partial charge in [0, 0.05) is 19.6 Å². The number of methoxy groups -OCH3 is 1. The number of aromatic hydroxyl groups is 1. The largest absolute Gasteiger partial charge is 0.508 e. The molecule has 0 spiro atoms. The smallest absolute Gasteiger partial charge is 0.227 e. The highest BCUT2D eigenvalue weighted by Crippen LogP contribution is 2.33. The minimum Gasteiger partial charge on any atom is -0.508 e. The molecule has 1 heterocycles. The lowest BCUT2D eigenvalue weighted by atomic mass is 10.1. The first-order valence-corrected chi connectivity index (χ1v) is 4.39. The van der Waals surface area contributed by atoms with Gasteiger partial charge in [-0.15, -0.1) is 0 Å². The lowest BCUT2D eigenvalue weighted by Gasteiger charge is -2.29. The second-order valence-corrected chi connectivity index (χ2v) is 3.38. The van der Waals surface area contributed by atoms with Gasteiger partial charge in [-0.05, 0) is 30.4 Å². The van der Waals surface area contributed by atoms with Gasteiger partial charge in [0.2, 0.25) is 5.79 Å². The van der Waals surface area contributed by atoms with Crippen molar-refractivity contribution in [1.82, 2.24) is 0 Å². The third-order valence-corrected chi connectivity index (χ3v) is 2.28. The van der Waals surface area contributed by atoms with Crippen molar-refractivity contribution in [2.24, 2.45) is 0 Å². The maximum absolute atomic E-state index is 9.25. The fourth-order valence-corrected chi connectivity index (χ4v) is 1.36. The minimum atomic E-state index is -0.704. The highest BCUT2D eigenvalue weighted by molar-refractivity contribution is 5.62. The summed E-state index contributed by atoms with van der Waals surface area (Å²) in [5, 5.41) is 9.25. The van der Waals surface area contributed by atoms with Crippen molar-refractivity contribution >= 4 is 6.08 Å². The van der Waals surface area contributed by atoms with Crippen molar-refractivity contribution in [2.75, 3.05) is 7.11 Å². The molecule has 1 aliphatic rings. The zero-order valence-corrected chi connectivity index (χ0v) is 8.15. The monoisotopic (exact) mass is 192 g/mol. The zero-order chi connectivity index (χ0) is 10.2. The topological polar surface area (TPSA) is 38.7 Å². The van der Waals surface area contributed by atoms with Crippen molar-refractivity contribution in [1.29, 1.82) is 0 Å². The third-order valence-electron chi connectivity index (χ3n) is 2.28. The van der Waals surface area contributed by atoms with E-state index in [0.717, 1.165) is 11.3 Å². The Balaban J connectivity index is 2.41. The van der Waals surface area contributed by atoms with Gasteiger partial charge >= 0.3 is 0 Å². The molecule has 0 saturated carbocycles. The molecule has 74 valence electrons. The highest BCUT2D eigenvalue weighted by atomic mass is 16.7. The van der Waals surface area contributed by atoms with Crippen LogP contribution in [0.1, 0.15) is 12.5 Å². The van der Waals surface area contributed by atoms with Crippen LogP contribution in [0.5, 0.6) is 11.5 Å². The van der Waals surface area contributed by atoms with Crippen molar-refractivity contribution < 1.29 is 14.6 Å². The fourth-order valence-electron chi connectivity index (χ4n) is 1.36. The van der Waals surface area contributed by atoms with Gasteiger partial charge in [-0.25, -0.2) is 0 Å². The van der Waals surface area contributed by atoms with Crippen molar-refractivity contribution in [3.8, 4) is 11.5 Å². The quantitative estimate of drug-likeness (QED) is 0.741. The van der Waals surface area contributed by atoms with Gasteiger partial charge in [-0.3, -0.25) is 0 Å². The molecule has 1 N–H and O–H groups in total. The van der Waals surface area contributed by atoms with Gasteiger partial charge in [-0.1, -0.05) is 0 Å². The Morgan fingerprint density at radius 1 is 1.43 bits per heavy atom. The Morgan fingerprint density at radius 3 is 2.93 bits per heavy atom. The van der Waals surface area contributed by atoms with Crippen LogP contribution in [0, 0.1) is 0 Å². The molecule has 0 saturated heterocycles. The van der Waals surface area contributed by atoms with Gasteiger partial charge in [0.05, 0.1) is 0 Å². The first-order chi connectivity index (χ1) is 6.63. The summed E-state index contributed by atoms with van der Waals surface area (Å²) in [6, 6.07) is 4.97. The molecule has 0 radical (unpaired) electrons. The van der Waals surface area contributed by atoms with Crippen LogP contribution in [0.25, 0.3) is 6.08 Å². The first kappa shape index (κ1) is 9.09. The molecular formula is C11H12O3.